The summed E-state index contributed by atoms with van der Waals surface area (Å²) in [6, 6.07) is 4.99. The van der Waals surface area contributed by atoms with Crippen LogP contribution in [-0.4, -0.2) is 41.0 Å². The van der Waals surface area contributed by atoms with Crippen molar-refractivity contribution in [2.45, 2.75) is 6.92 Å². The zero-order valence-electron chi connectivity index (χ0n) is 12.3. The van der Waals surface area contributed by atoms with Crippen LogP contribution in [0.5, 0.6) is 11.5 Å². The lowest BCUT2D eigenvalue weighted by molar-refractivity contribution is 0.0685. The van der Waals surface area contributed by atoms with Crippen LogP contribution in [0.15, 0.2) is 24.4 Å². The Kier molecular flexibility index (Phi) is 4.36. The molecule has 1 aromatic heterocycles. The van der Waals surface area contributed by atoms with Gasteiger partial charge in [-0.2, -0.15) is 0 Å². The molecule has 0 aliphatic carbocycles. The van der Waals surface area contributed by atoms with Crippen molar-refractivity contribution in [2.24, 2.45) is 0 Å². The third-order valence-electron chi connectivity index (χ3n) is 3.02. The van der Waals surface area contributed by atoms with Gasteiger partial charge in [-0.3, -0.25) is 4.79 Å². The Labute approximate surface area is 126 Å². The molecule has 1 heterocycles. The second kappa shape index (κ2) is 6.21. The van der Waals surface area contributed by atoms with Crippen molar-refractivity contribution in [3.8, 4) is 22.9 Å². The van der Waals surface area contributed by atoms with E-state index in [0.717, 1.165) is 0 Å². The van der Waals surface area contributed by atoms with Gasteiger partial charge in [0.2, 0.25) is 0 Å². The molecule has 2 aromatic rings. The minimum Gasteiger partial charge on any atom is -0.497 e. The molecule has 7 nitrogen and oxygen atoms in total. The van der Waals surface area contributed by atoms with Crippen molar-refractivity contribution in [3.63, 3.8) is 0 Å². The van der Waals surface area contributed by atoms with E-state index in [2.05, 4.69) is 9.97 Å². The van der Waals surface area contributed by atoms with Gasteiger partial charge in [-0.15, -0.1) is 0 Å². The molecule has 0 radical (unpaired) electrons. The number of rotatable bonds is 5. The Morgan fingerprint density at radius 2 is 1.91 bits per heavy atom. The molecule has 0 saturated carbocycles. The van der Waals surface area contributed by atoms with Crippen LogP contribution in [0.1, 0.15) is 27.8 Å². The molecule has 7 heteroatoms. The minimum absolute atomic E-state index is 0.0434. The van der Waals surface area contributed by atoms with E-state index in [1.54, 1.807) is 18.2 Å². The summed E-state index contributed by atoms with van der Waals surface area (Å²) in [5.41, 5.74) is 0.0833. The standard InChI is InChI=1S/C15H14N2O5/c1-8(18)11-7-16-14(17-13(11)15(19)20)10-6-9(21-2)4-5-12(10)22-3/h4-7H,1-3H3,(H,19,20). The first-order valence-corrected chi connectivity index (χ1v) is 6.31. The number of hydrogen-bond donors (Lipinski definition) is 1. The van der Waals surface area contributed by atoms with Crippen molar-refractivity contribution in [1.29, 1.82) is 0 Å². The topological polar surface area (TPSA) is 98.6 Å². The minimum atomic E-state index is -1.30. The van der Waals surface area contributed by atoms with Crippen molar-refractivity contribution in [3.05, 3.63) is 35.7 Å². The smallest absolute Gasteiger partial charge is 0.355 e. The van der Waals surface area contributed by atoms with Gasteiger partial charge in [0.15, 0.2) is 17.3 Å². The van der Waals surface area contributed by atoms with Crippen LogP contribution in [0.3, 0.4) is 0 Å². The van der Waals surface area contributed by atoms with Gasteiger partial charge in [-0.05, 0) is 25.1 Å². The average molecular weight is 302 g/mol. The van der Waals surface area contributed by atoms with E-state index >= 15 is 0 Å². The van der Waals surface area contributed by atoms with Gasteiger partial charge in [0, 0.05) is 6.20 Å². The average Bonchev–Trinajstić information content (AvgIpc) is 2.53. The molecule has 0 saturated heterocycles. The number of methoxy groups -OCH3 is 2. The molecular weight excluding hydrogens is 288 g/mol. The third-order valence-corrected chi connectivity index (χ3v) is 3.02. The highest BCUT2D eigenvalue weighted by atomic mass is 16.5. The lowest BCUT2D eigenvalue weighted by atomic mass is 10.1. The molecule has 0 spiro atoms. The Hall–Kier alpha value is -2.96. The molecule has 0 bridgehead atoms. The summed E-state index contributed by atoms with van der Waals surface area (Å²) in [5.74, 6) is -0.560. The zero-order chi connectivity index (χ0) is 16.3. The molecule has 114 valence electrons. The molecule has 0 aliphatic rings. The Bertz CT molecular complexity index is 743. The fourth-order valence-corrected chi connectivity index (χ4v) is 1.92. The van der Waals surface area contributed by atoms with Crippen LogP contribution in [0, 0.1) is 0 Å². The number of carboxylic acid groups (broad SMARTS) is 1. The number of carbonyl (C=O) groups is 2. The number of carboxylic acids is 1. The highest BCUT2D eigenvalue weighted by Crippen LogP contribution is 2.31. The highest BCUT2D eigenvalue weighted by molar-refractivity contribution is 6.03. The number of aromatic nitrogens is 2. The molecule has 1 aromatic carbocycles. The normalized spacial score (nSPS) is 10.1. The summed E-state index contributed by atoms with van der Waals surface area (Å²) >= 11 is 0. The maximum Gasteiger partial charge on any atom is 0.355 e. The van der Waals surface area contributed by atoms with E-state index in [4.69, 9.17) is 9.47 Å². The van der Waals surface area contributed by atoms with Gasteiger partial charge in [0.25, 0.3) is 0 Å². The van der Waals surface area contributed by atoms with Crippen LogP contribution in [0.4, 0.5) is 0 Å². The number of hydrogen-bond acceptors (Lipinski definition) is 6. The van der Waals surface area contributed by atoms with E-state index in [1.165, 1.54) is 27.3 Å². The molecular formula is C15H14N2O5. The Morgan fingerprint density at radius 3 is 2.45 bits per heavy atom. The predicted molar refractivity (Wildman–Crippen MR) is 77.5 cm³/mol. The number of carbonyl (C=O) groups excluding carboxylic acids is 1. The van der Waals surface area contributed by atoms with Crippen molar-refractivity contribution < 1.29 is 24.2 Å². The van der Waals surface area contributed by atoms with Crippen molar-refractivity contribution in [2.75, 3.05) is 14.2 Å². The van der Waals surface area contributed by atoms with Crippen LogP contribution in [0.25, 0.3) is 11.4 Å². The first-order valence-electron chi connectivity index (χ1n) is 6.31. The molecule has 0 amide bonds. The maximum absolute atomic E-state index is 11.5. The zero-order valence-corrected chi connectivity index (χ0v) is 12.3. The quantitative estimate of drug-likeness (QED) is 0.844. The summed E-state index contributed by atoms with van der Waals surface area (Å²) in [6.45, 7) is 1.26. The SMILES string of the molecule is COc1ccc(OC)c(-c2ncc(C(C)=O)c(C(=O)O)n2)c1. The van der Waals surface area contributed by atoms with Crippen LogP contribution >= 0.6 is 0 Å². The monoisotopic (exact) mass is 302 g/mol. The molecule has 0 atom stereocenters. The van der Waals surface area contributed by atoms with Gasteiger partial charge < -0.3 is 14.6 Å². The summed E-state index contributed by atoms with van der Waals surface area (Å²) in [7, 11) is 2.99. The summed E-state index contributed by atoms with van der Waals surface area (Å²) in [5, 5.41) is 9.21. The fraction of sp³-hybridized carbons (Fsp3) is 0.200. The fourth-order valence-electron chi connectivity index (χ4n) is 1.92. The van der Waals surface area contributed by atoms with E-state index in [-0.39, 0.29) is 17.1 Å². The molecule has 0 aliphatic heterocycles. The first kappa shape index (κ1) is 15.4. The van der Waals surface area contributed by atoms with E-state index in [1.807, 2.05) is 0 Å². The molecule has 0 fully saturated rings. The summed E-state index contributed by atoms with van der Waals surface area (Å²) < 4.78 is 10.4. The maximum atomic E-state index is 11.5. The molecule has 0 unspecified atom stereocenters. The van der Waals surface area contributed by atoms with E-state index < -0.39 is 11.8 Å². The van der Waals surface area contributed by atoms with Crippen LogP contribution < -0.4 is 9.47 Å². The van der Waals surface area contributed by atoms with Crippen molar-refractivity contribution in [1.82, 2.24) is 9.97 Å². The Morgan fingerprint density at radius 1 is 1.18 bits per heavy atom. The van der Waals surface area contributed by atoms with Crippen molar-refractivity contribution >= 4 is 11.8 Å². The highest BCUT2D eigenvalue weighted by Gasteiger charge is 2.19. The molecule has 2 rings (SSSR count). The van der Waals surface area contributed by atoms with Gasteiger partial charge >= 0.3 is 5.97 Å². The van der Waals surface area contributed by atoms with Gasteiger partial charge in [0.05, 0.1) is 25.3 Å². The Balaban J connectivity index is 2.65. The lowest BCUT2D eigenvalue weighted by Crippen LogP contribution is -2.11. The summed E-state index contributed by atoms with van der Waals surface area (Å²) in [4.78, 5) is 30.8. The number of ether oxygens (including phenoxy) is 2. The predicted octanol–water partition coefficient (Wildman–Crippen LogP) is 2.06. The first-order chi connectivity index (χ1) is 10.5. The van der Waals surface area contributed by atoms with Gasteiger partial charge in [0.1, 0.15) is 11.5 Å². The number of ketones is 1. The van der Waals surface area contributed by atoms with Crippen LogP contribution in [-0.2, 0) is 0 Å². The van der Waals surface area contributed by atoms with E-state index in [0.29, 0.717) is 17.1 Å². The number of benzene rings is 1. The van der Waals surface area contributed by atoms with E-state index in [9.17, 15) is 14.7 Å². The number of nitrogens with zero attached hydrogens (tertiary/aromatic N) is 2. The number of aromatic carboxylic acids is 1. The largest absolute Gasteiger partial charge is 0.497 e. The summed E-state index contributed by atoms with van der Waals surface area (Å²) in [6.07, 6.45) is 1.20. The van der Waals surface area contributed by atoms with Crippen LogP contribution in [0.2, 0.25) is 0 Å². The van der Waals surface area contributed by atoms with Gasteiger partial charge in [-0.1, -0.05) is 0 Å². The second-order valence-electron chi connectivity index (χ2n) is 4.38. The van der Waals surface area contributed by atoms with Gasteiger partial charge in [-0.25, -0.2) is 14.8 Å². The molecule has 22 heavy (non-hydrogen) atoms. The number of Topliss-reactive ketones (excluding diaryl/α,β-unsaturated/α-hetero) is 1. The molecule has 1 N–H and O–H groups in total. The third kappa shape index (κ3) is 2.88. The second-order valence-corrected chi connectivity index (χ2v) is 4.38. The lowest BCUT2D eigenvalue weighted by Gasteiger charge is -2.10.